The van der Waals surface area contributed by atoms with Gasteiger partial charge in [-0.25, -0.2) is 22.5 Å². The van der Waals surface area contributed by atoms with Crippen molar-refractivity contribution >= 4 is 22.8 Å². The molecule has 0 saturated carbocycles. The minimum atomic E-state index is -1.35. The molecule has 8 nitrogen and oxygen atoms in total. The minimum absolute atomic E-state index is 0.188. The zero-order valence-corrected chi connectivity index (χ0v) is 18.9. The summed E-state index contributed by atoms with van der Waals surface area (Å²) in [5.41, 5.74) is -3.52. The van der Waals surface area contributed by atoms with Crippen LogP contribution < -0.4 is 15.6 Å². The fourth-order valence-corrected chi connectivity index (χ4v) is 3.88. The Balaban J connectivity index is 2.04. The van der Waals surface area contributed by atoms with E-state index in [1.807, 2.05) is 0 Å². The van der Waals surface area contributed by atoms with Gasteiger partial charge in [-0.3, -0.25) is 14.2 Å². The average Bonchev–Trinajstić information content (AvgIpc) is 3.05. The van der Waals surface area contributed by atoms with Gasteiger partial charge >= 0.3 is 0 Å². The van der Waals surface area contributed by atoms with Gasteiger partial charge in [0.05, 0.1) is 17.6 Å². The summed E-state index contributed by atoms with van der Waals surface area (Å²) in [5.74, 6) is -6.19. The first-order chi connectivity index (χ1) is 16.3. The Bertz CT molecular complexity index is 1370. The van der Waals surface area contributed by atoms with E-state index in [9.17, 15) is 33.0 Å². The lowest BCUT2D eigenvalue weighted by molar-refractivity contribution is 0.0572. The number of aliphatic hydroxyl groups is 2. The summed E-state index contributed by atoms with van der Waals surface area (Å²) in [5, 5.41) is 21.7. The molecule has 2 aromatic heterocycles. The molecule has 2 unspecified atom stereocenters. The number of rotatable bonds is 3. The van der Waals surface area contributed by atoms with Crippen LogP contribution in [-0.2, 0) is 0 Å². The number of anilines is 1. The van der Waals surface area contributed by atoms with Gasteiger partial charge < -0.3 is 20.4 Å². The fraction of sp³-hybridized carbons (Fsp3) is 0.348. The van der Waals surface area contributed by atoms with Crippen molar-refractivity contribution in [2.24, 2.45) is 0 Å². The molecule has 0 bridgehead atoms. The van der Waals surface area contributed by atoms with Crippen molar-refractivity contribution in [2.75, 3.05) is 18.0 Å². The number of carbonyl (C=O) groups excluding carboxylic acids is 1. The maximum atomic E-state index is 15.0. The number of amides is 1. The first-order valence-electron chi connectivity index (χ1n) is 10.6. The van der Waals surface area contributed by atoms with Gasteiger partial charge in [-0.1, -0.05) is 0 Å². The van der Waals surface area contributed by atoms with E-state index in [2.05, 4.69) is 10.3 Å². The van der Waals surface area contributed by atoms with Crippen LogP contribution >= 0.6 is 0 Å². The second-order valence-electron chi connectivity index (χ2n) is 9.37. The molecule has 0 aliphatic carbocycles. The van der Waals surface area contributed by atoms with Crippen molar-refractivity contribution in [1.82, 2.24) is 14.9 Å². The van der Waals surface area contributed by atoms with Crippen LogP contribution in [0.4, 0.5) is 23.4 Å². The number of β-amino-alcohol motifs (C(OH)–C–C–N with tert-alkyl or cyclic N) is 2. The van der Waals surface area contributed by atoms with E-state index in [0.29, 0.717) is 12.1 Å². The Labute approximate surface area is 196 Å². The molecule has 1 aliphatic heterocycles. The van der Waals surface area contributed by atoms with E-state index < -0.39 is 80.5 Å². The Morgan fingerprint density at radius 3 is 2.14 bits per heavy atom. The van der Waals surface area contributed by atoms with E-state index in [-0.39, 0.29) is 13.1 Å². The minimum Gasteiger partial charge on any atom is -0.389 e. The largest absolute Gasteiger partial charge is 0.389 e. The molecule has 3 aromatic rings. The molecule has 12 heteroatoms. The Morgan fingerprint density at radius 1 is 1.03 bits per heavy atom. The Morgan fingerprint density at radius 2 is 1.60 bits per heavy atom. The molecule has 0 radical (unpaired) electrons. The molecule has 1 saturated heterocycles. The third kappa shape index (κ3) is 4.58. The van der Waals surface area contributed by atoms with Crippen LogP contribution in [0.2, 0.25) is 0 Å². The molecule has 1 amide bonds. The summed E-state index contributed by atoms with van der Waals surface area (Å²) in [4.78, 5) is 31.2. The summed E-state index contributed by atoms with van der Waals surface area (Å²) in [6.45, 7) is 4.57. The number of pyridine rings is 2. The molecule has 3 N–H and O–H groups in total. The molecule has 4 rings (SSSR count). The summed E-state index contributed by atoms with van der Waals surface area (Å²) in [6.07, 6.45) is -1.53. The average molecular weight is 494 g/mol. The van der Waals surface area contributed by atoms with Crippen molar-refractivity contribution in [3.05, 3.63) is 63.5 Å². The van der Waals surface area contributed by atoms with Crippen molar-refractivity contribution in [1.29, 1.82) is 0 Å². The van der Waals surface area contributed by atoms with Crippen LogP contribution in [-0.4, -0.2) is 56.5 Å². The molecule has 1 fully saturated rings. The lowest BCUT2D eigenvalue weighted by atomic mass is 10.1. The number of nitrogens with one attached hydrogen (secondary N) is 1. The van der Waals surface area contributed by atoms with E-state index in [1.54, 1.807) is 20.8 Å². The number of nitrogens with zero attached hydrogens (tertiary/aromatic N) is 3. The highest BCUT2D eigenvalue weighted by Gasteiger charge is 2.33. The Kier molecular flexibility index (Phi) is 6.05. The third-order valence-electron chi connectivity index (χ3n) is 5.43. The molecule has 1 aliphatic rings. The molecule has 35 heavy (non-hydrogen) atoms. The van der Waals surface area contributed by atoms with Gasteiger partial charge in [0.2, 0.25) is 5.43 Å². The normalized spacial score (nSPS) is 18.4. The second kappa shape index (κ2) is 8.61. The van der Waals surface area contributed by atoms with Gasteiger partial charge in [-0.2, -0.15) is 0 Å². The van der Waals surface area contributed by atoms with E-state index in [4.69, 9.17) is 0 Å². The third-order valence-corrected chi connectivity index (χ3v) is 5.43. The van der Waals surface area contributed by atoms with Gasteiger partial charge in [0.1, 0.15) is 17.1 Å². The number of carbonyl (C=O) groups is 1. The fourth-order valence-electron chi connectivity index (χ4n) is 3.88. The standard InChI is InChI=1S/C23H22F4N4O4/c1-23(2,3)29-22(35)12-7-31(18-13(25)4-10(24)5-14(18)26)20-11(19(12)34)6-15(27)21(28-20)30-8-16(32)17(33)9-30/h4-7,16-17,32-33H,8-9H2,1-3H3,(H,29,35). The van der Waals surface area contributed by atoms with E-state index in [1.165, 1.54) is 4.90 Å². The lowest BCUT2D eigenvalue weighted by Gasteiger charge is -2.22. The van der Waals surface area contributed by atoms with Crippen molar-refractivity contribution in [3.8, 4) is 5.69 Å². The summed E-state index contributed by atoms with van der Waals surface area (Å²) in [6, 6.07) is 1.59. The lowest BCUT2D eigenvalue weighted by Crippen LogP contribution is -2.42. The SMILES string of the molecule is CC(C)(C)NC(=O)c1cn(-c2c(F)cc(F)cc2F)c2nc(N3CC(O)C(O)C3)c(F)cc2c1=O. The van der Waals surface area contributed by atoms with Crippen molar-refractivity contribution in [3.63, 3.8) is 0 Å². The highest BCUT2D eigenvalue weighted by molar-refractivity contribution is 5.97. The Hall–Kier alpha value is -3.51. The number of aromatic nitrogens is 2. The topological polar surface area (TPSA) is 108 Å². The first kappa shape index (κ1) is 24.6. The number of fused-ring (bicyclic) bond motifs is 1. The van der Waals surface area contributed by atoms with Gasteiger partial charge in [-0.15, -0.1) is 0 Å². The molecule has 0 spiro atoms. The molecular formula is C23H22F4N4O4. The monoisotopic (exact) mass is 494 g/mol. The van der Waals surface area contributed by atoms with Crippen LogP contribution in [0.1, 0.15) is 31.1 Å². The second-order valence-corrected chi connectivity index (χ2v) is 9.37. The highest BCUT2D eigenvalue weighted by Crippen LogP contribution is 2.28. The molecule has 3 heterocycles. The maximum absolute atomic E-state index is 15.0. The number of hydrogen-bond donors (Lipinski definition) is 3. The van der Waals surface area contributed by atoms with Crippen molar-refractivity contribution < 1.29 is 32.6 Å². The number of aliphatic hydroxyl groups excluding tert-OH is 2. The van der Waals surface area contributed by atoms with Gasteiger partial charge in [0.15, 0.2) is 28.9 Å². The number of hydrogen-bond acceptors (Lipinski definition) is 6. The van der Waals surface area contributed by atoms with Crippen LogP contribution in [0.5, 0.6) is 0 Å². The van der Waals surface area contributed by atoms with Crippen LogP contribution in [0.3, 0.4) is 0 Å². The van der Waals surface area contributed by atoms with E-state index in [0.717, 1.165) is 16.8 Å². The molecule has 186 valence electrons. The summed E-state index contributed by atoms with van der Waals surface area (Å²) in [7, 11) is 0. The maximum Gasteiger partial charge on any atom is 0.257 e. The van der Waals surface area contributed by atoms with Crippen molar-refractivity contribution in [2.45, 2.75) is 38.5 Å². The van der Waals surface area contributed by atoms with Crippen LogP contribution in [0, 0.1) is 23.3 Å². The predicted molar refractivity (Wildman–Crippen MR) is 119 cm³/mol. The summed E-state index contributed by atoms with van der Waals surface area (Å²) >= 11 is 0. The zero-order valence-electron chi connectivity index (χ0n) is 18.9. The molecule has 2 atom stereocenters. The smallest absolute Gasteiger partial charge is 0.257 e. The quantitative estimate of drug-likeness (QED) is 0.481. The zero-order chi connectivity index (χ0) is 25.8. The van der Waals surface area contributed by atoms with Gasteiger partial charge in [0.25, 0.3) is 5.91 Å². The van der Waals surface area contributed by atoms with E-state index >= 15 is 4.39 Å². The predicted octanol–water partition coefficient (Wildman–Crippen LogP) is 2.01. The van der Waals surface area contributed by atoms with Crippen LogP contribution in [0.25, 0.3) is 16.7 Å². The van der Waals surface area contributed by atoms with Crippen LogP contribution in [0.15, 0.2) is 29.2 Å². The molecule has 1 aromatic carbocycles. The number of halogens is 4. The summed E-state index contributed by atoms with van der Waals surface area (Å²) < 4.78 is 58.9. The first-order valence-corrected chi connectivity index (χ1v) is 10.6. The van der Waals surface area contributed by atoms with Gasteiger partial charge in [-0.05, 0) is 26.8 Å². The highest BCUT2D eigenvalue weighted by atomic mass is 19.1. The van der Waals surface area contributed by atoms with Gasteiger partial charge in [0, 0.05) is 37.0 Å². The molecular weight excluding hydrogens is 472 g/mol. The number of benzene rings is 1.